The van der Waals surface area contributed by atoms with E-state index >= 15 is 0 Å². The number of carbonyl (C=O) groups excluding carboxylic acids is 1. The van der Waals surface area contributed by atoms with Gasteiger partial charge in [0.2, 0.25) is 0 Å². The predicted octanol–water partition coefficient (Wildman–Crippen LogP) is 4.49. The summed E-state index contributed by atoms with van der Waals surface area (Å²) in [6, 6.07) is 15.9. The third-order valence-corrected chi connectivity index (χ3v) is 4.20. The van der Waals surface area contributed by atoms with Crippen LogP contribution in [0.5, 0.6) is 5.75 Å². The van der Waals surface area contributed by atoms with E-state index in [0.29, 0.717) is 6.61 Å². The second-order valence-electron chi connectivity index (χ2n) is 5.68. The number of carbonyl (C=O) groups is 1. The molecule has 3 rings (SSSR count). The Morgan fingerprint density at radius 2 is 1.87 bits per heavy atom. The second kappa shape index (κ2) is 6.32. The van der Waals surface area contributed by atoms with Crippen molar-refractivity contribution in [3.63, 3.8) is 0 Å². The van der Waals surface area contributed by atoms with Crippen LogP contribution in [0.25, 0.3) is 11.1 Å². The first kappa shape index (κ1) is 15.4. The third-order valence-electron chi connectivity index (χ3n) is 4.20. The molecule has 0 aromatic heterocycles. The molecule has 4 nitrogen and oxygen atoms in total. The standard InChI is InChI=1S/C19H21NO3/c1-4-22-18-12-16(20-13(2)14(3)23-19(20)21)10-11-17(18)15-8-6-5-7-9-15/h5-14H,4H2,1-3H3. The summed E-state index contributed by atoms with van der Waals surface area (Å²) >= 11 is 0. The first-order valence-electron chi connectivity index (χ1n) is 7.94. The summed E-state index contributed by atoms with van der Waals surface area (Å²) in [6.45, 7) is 6.42. The number of hydrogen-bond acceptors (Lipinski definition) is 3. The molecule has 1 saturated heterocycles. The molecule has 2 aromatic rings. The van der Waals surface area contributed by atoms with Gasteiger partial charge in [-0.25, -0.2) is 4.79 Å². The lowest BCUT2D eigenvalue weighted by Crippen LogP contribution is -2.33. The second-order valence-corrected chi connectivity index (χ2v) is 5.68. The van der Waals surface area contributed by atoms with Gasteiger partial charge in [0.15, 0.2) is 0 Å². The van der Waals surface area contributed by atoms with Crippen LogP contribution < -0.4 is 9.64 Å². The fraction of sp³-hybridized carbons (Fsp3) is 0.316. The quantitative estimate of drug-likeness (QED) is 0.835. The lowest BCUT2D eigenvalue weighted by atomic mass is 10.0. The minimum Gasteiger partial charge on any atom is -0.493 e. The zero-order valence-corrected chi connectivity index (χ0v) is 13.7. The minimum atomic E-state index is -0.306. The Hall–Kier alpha value is -2.49. The van der Waals surface area contributed by atoms with Gasteiger partial charge in [-0.2, -0.15) is 0 Å². The summed E-state index contributed by atoms with van der Waals surface area (Å²) in [6.07, 6.45) is -0.424. The molecule has 1 heterocycles. The van der Waals surface area contributed by atoms with E-state index < -0.39 is 0 Å². The largest absolute Gasteiger partial charge is 0.493 e. The van der Waals surface area contributed by atoms with Crippen LogP contribution in [0.15, 0.2) is 48.5 Å². The van der Waals surface area contributed by atoms with Gasteiger partial charge < -0.3 is 9.47 Å². The molecule has 1 aliphatic rings. The summed E-state index contributed by atoms with van der Waals surface area (Å²) in [5, 5.41) is 0. The van der Waals surface area contributed by atoms with Crippen molar-refractivity contribution in [2.45, 2.75) is 32.9 Å². The summed E-state index contributed by atoms with van der Waals surface area (Å²) in [5.41, 5.74) is 2.91. The molecule has 0 N–H and O–H groups in total. The monoisotopic (exact) mass is 311 g/mol. The van der Waals surface area contributed by atoms with E-state index in [4.69, 9.17) is 9.47 Å². The maximum atomic E-state index is 12.1. The molecule has 2 aromatic carbocycles. The Morgan fingerprint density at radius 3 is 2.48 bits per heavy atom. The molecule has 0 bridgehead atoms. The summed E-state index contributed by atoms with van der Waals surface area (Å²) in [4.78, 5) is 13.8. The number of benzene rings is 2. The molecule has 0 aliphatic carbocycles. The molecular formula is C19H21NO3. The van der Waals surface area contributed by atoms with Gasteiger partial charge in [-0.05, 0) is 38.5 Å². The van der Waals surface area contributed by atoms with Gasteiger partial charge in [0, 0.05) is 11.6 Å². The van der Waals surface area contributed by atoms with E-state index in [0.717, 1.165) is 22.6 Å². The zero-order chi connectivity index (χ0) is 16.4. The number of ether oxygens (including phenoxy) is 2. The van der Waals surface area contributed by atoms with Crippen molar-refractivity contribution in [3.8, 4) is 16.9 Å². The van der Waals surface area contributed by atoms with Crippen LogP contribution in [0.1, 0.15) is 20.8 Å². The fourth-order valence-corrected chi connectivity index (χ4v) is 2.82. The van der Waals surface area contributed by atoms with Gasteiger partial charge in [-0.15, -0.1) is 0 Å². The Labute approximate surface area is 136 Å². The summed E-state index contributed by atoms with van der Waals surface area (Å²) < 4.78 is 11.1. The van der Waals surface area contributed by atoms with Crippen molar-refractivity contribution in [1.82, 2.24) is 0 Å². The zero-order valence-electron chi connectivity index (χ0n) is 13.7. The van der Waals surface area contributed by atoms with E-state index in [2.05, 4.69) is 0 Å². The van der Waals surface area contributed by atoms with Gasteiger partial charge >= 0.3 is 6.09 Å². The highest BCUT2D eigenvalue weighted by molar-refractivity contribution is 5.91. The molecular weight excluding hydrogens is 290 g/mol. The molecule has 23 heavy (non-hydrogen) atoms. The molecule has 4 heteroatoms. The van der Waals surface area contributed by atoms with Gasteiger partial charge in [-0.3, -0.25) is 4.90 Å². The number of cyclic esters (lactones) is 1. The lowest BCUT2D eigenvalue weighted by Gasteiger charge is -2.21. The Balaban J connectivity index is 2.02. The first-order valence-corrected chi connectivity index (χ1v) is 7.94. The highest BCUT2D eigenvalue weighted by atomic mass is 16.6. The van der Waals surface area contributed by atoms with Crippen LogP contribution in [-0.4, -0.2) is 24.8 Å². The smallest absolute Gasteiger partial charge is 0.415 e. The Bertz CT molecular complexity index is 699. The van der Waals surface area contributed by atoms with Gasteiger partial charge in [0.1, 0.15) is 11.9 Å². The predicted molar refractivity (Wildman–Crippen MR) is 90.9 cm³/mol. The number of anilines is 1. The van der Waals surface area contributed by atoms with Crippen molar-refractivity contribution in [1.29, 1.82) is 0 Å². The molecule has 0 spiro atoms. The fourth-order valence-electron chi connectivity index (χ4n) is 2.82. The Kier molecular flexibility index (Phi) is 4.24. The highest BCUT2D eigenvalue weighted by Gasteiger charge is 2.37. The minimum absolute atomic E-state index is 0.000415. The number of rotatable bonds is 4. The van der Waals surface area contributed by atoms with E-state index in [1.807, 2.05) is 69.3 Å². The lowest BCUT2D eigenvalue weighted by molar-refractivity contribution is 0.143. The van der Waals surface area contributed by atoms with Crippen LogP contribution in [0.2, 0.25) is 0 Å². The number of amides is 1. The van der Waals surface area contributed by atoms with Gasteiger partial charge in [0.25, 0.3) is 0 Å². The van der Waals surface area contributed by atoms with E-state index in [9.17, 15) is 4.79 Å². The molecule has 120 valence electrons. The maximum absolute atomic E-state index is 12.1. The molecule has 1 fully saturated rings. The highest BCUT2D eigenvalue weighted by Crippen LogP contribution is 2.36. The van der Waals surface area contributed by atoms with E-state index in [1.165, 1.54) is 0 Å². The van der Waals surface area contributed by atoms with Gasteiger partial charge in [0.05, 0.1) is 18.3 Å². The van der Waals surface area contributed by atoms with Crippen molar-refractivity contribution in [3.05, 3.63) is 48.5 Å². The Morgan fingerprint density at radius 1 is 1.13 bits per heavy atom. The van der Waals surface area contributed by atoms with Crippen LogP contribution in [0.4, 0.5) is 10.5 Å². The molecule has 1 amide bonds. The first-order chi connectivity index (χ1) is 11.1. The average Bonchev–Trinajstić information content (AvgIpc) is 2.81. The van der Waals surface area contributed by atoms with Gasteiger partial charge in [-0.1, -0.05) is 30.3 Å². The van der Waals surface area contributed by atoms with Crippen LogP contribution in [0.3, 0.4) is 0 Å². The van der Waals surface area contributed by atoms with Crippen molar-refractivity contribution in [2.24, 2.45) is 0 Å². The van der Waals surface area contributed by atoms with E-state index in [-0.39, 0.29) is 18.2 Å². The summed E-state index contributed by atoms with van der Waals surface area (Å²) in [5.74, 6) is 0.774. The maximum Gasteiger partial charge on any atom is 0.415 e. The SMILES string of the molecule is CCOc1cc(N2C(=O)OC(C)C2C)ccc1-c1ccccc1. The third kappa shape index (κ3) is 2.89. The summed E-state index contributed by atoms with van der Waals surface area (Å²) in [7, 11) is 0. The van der Waals surface area contributed by atoms with Crippen LogP contribution in [0, 0.1) is 0 Å². The number of hydrogen-bond donors (Lipinski definition) is 0. The molecule has 2 unspecified atom stereocenters. The van der Waals surface area contributed by atoms with Crippen LogP contribution >= 0.6 is 0 Å². The van der Waals surface area contributed by atoms with E-state index in [1.54, 1.807) is 4.90 Å². The van der Waals surface area contributed by atoms with Crippen molar-refractivity contribution >= 4 is 11.8 Å². The van der Waals surface area contributed by atoms with Crippen molar-refractivity contribution in [2.75, 3.05) is 11.5 Å². The normalized spacial score (nSPS) is 20.5. The number of nitrogens with zero attached hydrogens (tertiary/aromatic N) is 1. The van der Waals surface area contributed by atoms with Crippen molar-refractivity contribution < 1.29 is 14.3 Å². The molecule has 0 radical (unpaired) electrons. The topological polar surface area (TPSA) is 38.8 Å². The van der Waals surface area contributed by atoms with Crippen LogP contribution in [-0.2, 0) is 4.74 Å². The molecule has 1 aliphatic heterocycles. The molecule has 0 saturated carbocycles. The average molecular weight is 311 g/mol. The molecule has 2 atom stereocenters.